The highest BCUT2D eigenvalue weighted by molar-refractivity contribution is 7.16. The Morgan fingerprint density at radius 1 is 1.18 bits per heavy atom. The van der Waals surface area contributed by atoms with Gasteiger partial charge in [-0.1, -0.05) is 32.9 Å². The lowest BCUT2D eigenvalue weighted by atomic mass is 10.2. The van der Waals surface area contributed by atoms with Gasteiger partial charge in [-0.25, -0.2) is 4.79 Å². The summed E-state index contributed by atoms with van der Waals surface area (Å²) < 4.78 is 11.1. The second-order valence-electron chi connectivity index (χ2n) is 8.31. The number of ether oxygens (including phenoxy) is 1. The van der Waals surface area contributed by atoms with Crippen molar-refractivity contribution in [3.63, 3.8) is 0 Å². The molecule has 7 heteroatoms. The number of carbonyl (C=O) groups excluding carboxylic acids is 2. The van der Waals surface area contributed by atoms with Crippen molar-refractivity contribution in [1.82, 2.24) is 5.32 Å². The first-order valence-electron chi connectivity index (χ1n) is 9.19. The molecule has 2 rings (SSSR count). The van der Waals surface area contributed by atoms with E-state index in [2.05, 4.69) is 39.2 Å². The van der Waals surface area contributed by atoms with Crippen molar-refractivity contribution in [2.24, 2.45) is 0 Å². The van der Waals surface area contributed by atoms with E-state index in [1.807, 2.05) is 24.3 Å². The van der Waals surface area contributed by atoms with Crippen molar-refractivity contribution in [1.29, 1.82) is 0 Å². The number of aryl methyl sites for hydroxylation is 1. The van der Waals surface area contributed by atoms with Gasteiger partial charge >= 0.3 is 5.97 Å². The van der Waals surface area contributed by atoms with Crippen LogP contribution < -0.4 is 9.74 Å². The van der Waals surface area contributed by atoms with Crippen LogP contribution in [0.3, 0.4) is 0 Å². The topological polar surface area (TPSA) is 64.6 Å². The second-order valence-corrected chi connectivity index (χ2v) is 14.1. The highest BCUT2D eigenvalue weighted by atomic mass is 32.1. The van der Waals surface area contributed by atoms with Gasteiger partial charge in [0.2, 0.25) is 8.32 Å². The van der Waals surface area contributed by atoms with E-state index in [9.17, 15) is 9.59 Å². The number of rotatable bonds is 6. The molecule has 1 N–H and O–H groups in total. The second kappa shape index (κ2) is 8.49. The van der Waals surface area contributed by atoms with Crippen LogP contribution in [0.25, 0.3) is 0 Å². The van der Waals surface area contributed by atoms with E-state index in [0.717, 1.165) is 28.2 Å². The van der Waals surface area contributed by atoms with Gasteiger partial charge < -0.3 is 14.5 Å². The fourth-order valence-electron chi connectivity index (χ4n) is 2.33. The Balaban J connectivity index is 2.05. The lowest BCUT2D eigenvalue weighted by molar-refractivity contribution is 0.0605. The first kappa shape index (κ1) is 22.2. The molecule has 2 aromatic rings. The maximum absolute atomic E-state index is 12.5. The number of hydrogen-bond acceptors (Lipinski definition) is 5. The number of thiophene rings is 1. The Labute approximate surface area is 172 Å². The van der Waals surface area contributed by atoms with E-state index in [1.165, 1.54) is 7.11 Å². The summed E-state index contributed by atoms with van der Waals surface area (Å²) in [5.41, 5.74) is 1.71. The molecule has 0 saturated heterocycles. The molecular formula is C21H29NO4SSi. The summed E-state index contributed by atoms with van der Waals surface area (Å²) in [5, 5.41) is 3.02. The van der Waals surface area contributed by atoms with Crippen molar-refractivity contribution in [2.45, 2.75) is 52.4 Å². The molecule has 1 aromatic carbocycles. The Hall–Kier alpha value is -2.12. The van der Waals surface area contributed by atoms with E-state index in [1.54, 1.807) is 13.0 Å². The van der Waals surface area contributed by atoms with Crippen LogP contribution in [0.2, 0.25) is 18.1 Å². The van der Waals surface area contributed by atoms with E-state index in [-0.39, 0.29) is 10.9 Å². The van der Waals surface area contributed by atoms with Crippen molar-refractivity contribution >= 4 is 31.5 Å². The molecular weight excluding hydrogens is 390 g/mol. The van der Waals surface area contributed by atoms with Gasteiger partial charge in [-0.05, 0) is 54.4 Å². The van der Waals surface area contributed by atoms with Gasteiger partial charge in [-0.2, -0.15) is 0 Å². The van der Waals surface area contributed by atoms with Crippen LogP contribution in [-0.4, -0.2) is 27.3 Å². The summed E-state index contributed by atoms with van der Waals surface area (Å²) in [4.78, 5) is 25.1. The minimum absolute atomic E-state index is 0.117. The third kappa shape index (κ3) is 5.23. The zero-order chi connectivity index (χ0) is 21.1. The van der Waals surface area contributed by atoms with Crippen LogP contribution in [0.15, 0.2) is 30.3 Å². The number of amides is 1. The normalized spacial score (nSPS) is 11.8. The van der Waals surface area contributed by atoms with E-state index < -0.39 is 14.3 Å². The average molecular weight is 420 g/mol. The number of hydrogen-bond donors (Lipinski definition) is 1. The molecule has 1 heterocycles. The van der Waals surface area contributed by atoms with Gasteiger partial charge in [-0.15, -0.1) is 11.3 Å². The molecule has 1 amide bonds. The van der Waals surface area contributed by atoms with Gasteiger partial charge in [-0.3, -0.25) is 4.79 Å². The molecule has 0 bridgehead atoms. The van der Waals surface area contributed by atoms with Crippen molar-refractivity contribution in [2.75, 3.05) is 7.11 Å². The average Bonchev–Trinajstić information content (AvgIpc) is 3.00. The largest absolute Gasteiger partial charge is 0.543 e. The summed E-state index contributed by atoms with van der Waals surface area (Å²) in [6, 6.07) is 9.54. The minimum Gasteiger partial charge on any atom is -0.543 e. The molecule has 0 radical (unpaired) electrons. The summed E-state index contributed by atoms with van der Waals surface area (Å²) in [5.74, 6) is 0.203. The molecule has 0 fully saturated rings. The number of benzene rings is 1. The fraction of sp³-hybridized carbons (Fsp3) is 0.429. The van der Waals surface area contributed by atoms with Crippen LogP contribution in [0.5, 0.6) is 5.75 Å². The zero-order valence-corrected chi connectivity index (χ0v) is 19.5. The molecule has 28 heavy (non-hydrogen) atoms. The molecule has 0 aliphatic rings. The van der Waals surface area contributed by atoms with Gasteiger partial charge in [0.1, 0.15) is 10.6 Å². The van der Waals surface area contributed by atoms with Crippen molar-refractivity contribution in [3.8, 4) is 5.75 Å². The lowest BCUT2D eigenvalue weighted by Crippen LogP contribution is -2.43. The van der Waals surface area contributed by atoms with Crippen LogP contribution in [0.1, 0.15) is 51.2 Å². The fourth-order valence-corrected chi connectivity index (χ4v) is 4.35. The standard InChI is InChI=1S/C21H29NO4SSi/c1-14-11-17(27-18(14)20(24)25-5)19(23)22-13-15-9-8-10-16(12-15)26-28(6,7)21(2,3)4/h8-12H,13H2,1-7H3,(H,22,23). The number of nitrogens with one attached hydrogen (secondary N) is 1. The quantitative estimate of drug-likeness (QED) is 0.519. The third-order valence-corrected chi connectivity index (χ3v) is 10.6. The smallest absolute Gasteiger partial charge is 0.348 e. The van der Waals surface area contributed by atoms with E-state index in [4.69, 9.17) is 9.16 Å². The van der Waals surface area contributed by atoms with Crippen LogP contribution in [0, 0.1) is 6.92 Å². The first-order valence-corrected chi connectivity index (χ1v) is 12.9. The Morgan fingerprint density at radius 3 is 2.46 bits per heavy atom. The third-order valence-electron chi connectivity index (χ3n) is 5.04. The lowest BCUT2D eigenvalue weighted by Gasteiger charge is -2.36. The molecule has 152 valence electrons. The van der Waals surface area contributed by atoms with Crippen LogP contribution in [0.4, 0.5) is 0 Å². The molecule has 0 aliphatic heterocycles. The summed E-state index contributed by atoms with van der Waals surface area (Å²) >= 11 is 1.14. The molecule has 0 aliphatic carbocycles. The maximum Gasteiger partial charge on any atom is 0.348 e. The molecule has 5 nitrogen and oxygen atoms in total. The predicted molar refractivity (Wildman–Crippen MR) is 116 cm³/mol. The Morgan fingerprint density at radius 2 is 1.86 bits per heavy atom. The van der Waals surface area contributed by atoms with E-state index in [0.29, 0.717) is 16.3 Å². The van der Waals surface area contributed by atoms with Crippen molar-refractivity contribution in [3.05, 3.63) is 51.2 Å². The Kier molecular flexibility index (Phi) is 6.72. The van der Waals surface area contributed by atoms with Crippen LogP contribution in [-0.2, 0) is 11.3 Å². The minimum atomic E-state index is -1.91. The SMILES string of the molecule is COC(=O)c1sc(C(=O)NCc2cccc(O[Si](C)(C)C(C)(C)C)c2)cc1C. The van der Waals surface area contributed by atoms with Gasteiger partial charge in [0.15, 0.2) is 0 Å². The predicted octanol–water partition coefficient (Wildman–Crippen LogP) is 5.16. The molecule has 0 saturated carbocycles. The van der Waals surface area contributed by atoms with Gasteiger partial charge in [0, 0.05) is 6.54 Å². The maximum atomic E-state index is 12.5. The number of methoxy groups -OCH3 is 1. The van der Waals surface area contributed by atoms with Gasteiger partial charge in [0.05, 0.1) is 12.0 Å². The molecule has 0 atom stereocenters. The van der Waals surface area contributed by atoms with Gasteiger partial charge in [0.25, 0.3) is 5.91 Å². The summed E-state index contributed by atoms with van der Waals surface area (Å²) in [6.07, 6.45) is 0. The molecule has 0 spiro atoms. The van der Waals surface area contributed by atoms with E-state index >= 15 is 0 Å². The molecule has 0 unspecified atom stereocenters. The monoisotopic (exact) mass is 419 g/mol. The molecule has 1 aromatic heterocycles. The van der Waals surface area contributed by atoms with Crippen LogP contribution >= 0.6 is 11.3 Å². The number of esters is 1. The highest BCUT2D eigenvalue weighted by Crippen LogP contribution is 2.37. The first-order chi connectivity index (χ1) is 12.9. The zero-order valence-electron chi connectivity index (χ0n) is 17.6. The summed E-state index contributed by atoms with van der Waals surface area (Å²) in [7, 11) is -0.580. The summed E-state index contributed by atoms with van der Waals surface area (Å²) in [6.45, 7) is 13.2. The number of carbonyl (C=O) groups is 2. The van der Waals surface area contributed by atoms with Crippen molar-refractivity contribution < 1.29 is 18.8 Å². The highest BCUT2D eigenvalue weighted by Gasteiger charge is 2.38. The Bertz CT molecular complexity index is 868.